The maximum atomic E-state index is 13.4. The van der Waals surface area contributed by atoms with Gasteiger partial charge in [-0.3, -0.25) is 24.7 Å². The van der Waals surface area contributed by atoms with Gasteiger partial charge in [-0.15, -0.1) is 0 Å². The summed E-state index contributed by atoms with van der Waals surface area (Å²) in [6.45, 7) is 0. The Morgan fingerprint density at radius 2 is 1.50 bits per heavy atom. The molecule has 5 rings (SSSR count). The second-order valence-electron chi connectivity index (χ2n) is 7.38. The van der Waals surface area contributed by atoms with Crippen LogP contribution in [0.3, 0.4) is 0 Å². The molecule has 2 amide bonds. The first kappa shape index (κ1) is 19.6. The van der Waals surface area contributed by atoms with E-state index in [2.05, 4.69) is 5.10 Å². The van der Waals surface area contributed by atoms with Crippen molar-refractivity contribution in [3.8, 4) is 0 Å². The second-order valence-corrected chi connectivity index (χ2v) is 7.38. The third kappa shape index (κ3) is 3.02. The summed E-state index contributed by atoms with van der Waals surface area (Å²) in [5.74, 6) is -2.35. The van der Waals surface area contributed by atoms with Gasteiger partial charge >= 0.3 is 0 Å². The molecule has 8 nitrogen and oxygen atoms in total. The van der Waals surface area contributed by atoms with Gasteiger partial charge in [-0.25, -0.2) is 9.29 Å². The molecule has 0 bridgehead atoms. The van der Waals surface area contributed by atoms with Crippen LogP contribution in [0.25, 0.3) is 0 Å². The van der Waals surface area contributed by atoms with Crippen LogP contribution in [0.2, 0.25) is 0 Å². The number of carbonyl (C=O) groups excluding carboxylic acids is 2. The van der Waals surface area contributed by atoms with E-state index in [1.54, 1.807) is 24.3 Å². The van der Waals surface area contributed by atoms with Crippen molar-refractivity contribution in [2.75, 3.05) is 9.91 Å². The number of anilines is 2. The molecule has 3 aromatic rings. The fourth-order valence-electron chi connectivity index (χ4n) is 4.05. The van der Waals surface area contributed by atoms with Crippen LogP contribution in [-0.2, 0) is 9.59 Å². The van der Waals surface area contributed by atoms with Gasteiger partial charge in [0.25, 0.3) is 11.6 Å². The molecule has 1 saturated heterocycles. The number of imide groups is 1. The zero-order valence-electron chi connectivity index (χ0n) is 16.5. The van der Waals surface area contributed by atoms with Crippen LogP contribution >= 0.6 is 0 Å². The number of amides is 2. The number of hydrazone groups is 1. The monoisotopic (exact) mass is 430 g/mol. The number of fused-ring (bicyclic) bond motifs is 1. The maximum absolute atomic E-state index is 13.4. The summed E-state index contributed by atoms with van der Waals surface area (Å²) in [6.07, 6.45) is 0. The smallest absolute Gasteiger partial charge is 0.269 e. The van der Waals surface area contributed by atoms with Crippen LogP contribution < -0.4 is 9.91 Å². The van der Waals surface area contributed by atoms with Crippen LogP contribution in [0, 0.1) is 21.8 Å². The van der Waals surface area contributed by atoms with Gasteiger partial charge in [0, 0.05) is 12.1 Å². The quantitative estimate of drug-likeness (QED) is 0.359. The fraction of sp³-hybridized carbons (Fsp3) is 0.0870. The molecular weight excluding hydrogens is 415 g/mol. The molecule has 2 aliphatic rings. The fourth-order valence-corrected chi connectivity index (χ4v) is 4.05. The molecule has 0 aromatic heterocycles. The van der Waals surface area contributed by atoms with Crippen LogP contribution in [0.5, 0.6) is 0 Å². The molecule has 1 fully saturated rings. The minimum absolute atomic E-state index is 0.0921. The van der Waals surface area contributed by atoms with Crippen LogP contribution in [0.1, 0.15) is 5.56 Å². The zero-order chi connectivity index (χ0) is 22.4. The molecule has 0 aliphatic carbocycles. The largest absolute Gasteiger partial charge is 0.273 e. The molecule has 0 spiro atoms. The first-order valence-corrected chi connectivity index (χ1v) is 9.76. The van der Waals surface area contributed by atoms with Gasteiger partial charge in [0.2, 0.25) is 5.91 Å². The molecule has 9 heteroatoms. The lowest BCUT2D eigenvalue weighted by molar-refractivity contribution is -0.384. The number of nitrogens with zero attached hydrogens (tertiary/aromatic N) is 4. The van der Waals surface area contributed by atoms with E-state index in [-0.39, 0.29) is 11.4 Å². The Morgan fingerprint density at radius 1 is 0.844 bits per heavy atom. The van der Waals surface area contributed by atoms with E-state index in [0.29, 0.717) is 17.0 Å². The summed E-state index contributed by atoms with van der Waals surface area (Å²) in [6, 6.07) is 18.9. The number of benzene rings is 3. The summed E-state index contributed by atoms with van der Waals surface area (Å²) in [7, 11) is 0. The van der Waals surface area contributed by atoms with E-state index >= 15 is 0 Å². The summed E-state index contributed by atoms with van der Waals surface area (Å²) in [4.78, 5) is 38.3. The van der Waals surface area contributed by atoms with Gasteiger partial charge in [0.15, 0.2) is 0 Å². The number of halogens is 1. The van der Waals surface area contributed by atoms with E-state index in [0.717, 1.165) is 4.90 Å². The number of rotatable bonds is 4. The van der Waals surface area contributed by atoms with E-state index in [1.165, 1.54) is 53.5 Å². The highest BCUT2D eigenvalue weighted by molar-refractivity contribution is 6.34. The minimum atomic E-state index is -0.917. The van der Waals surface area contributed by atoms with Gasteiger partial charge in [0.05, 0.1) is 22.0 Å². The first-order chi connectivity index (χ1) is 15.5. The number of hydrogen-bond acceptors (Lipinski definition) is 6. The Hall–Kier alpha value is -4.40. The predicted octanol–water partition coefficient (Wildman–Crippen LogP) is 3.52. The Kier molecular flexibility index (Phi) is 4.51. The molecule has 2 aliphatic heterocycles. The van der Waals surface area contributed by atoms with Crippen LogP contribution in [-0.4, -0.2) is 28.5 Å². The minimum Gasteiger partial charge on any atom is -0.273 e. The number of non-ortho nitro benzene ring substituents is 1. The average Bonchev–Trinajstić information content (AvgIpc) is 3.32. The Balaban J connectivity index is 1.61. The molecule has 158 valence electrons. The first-order valence-electron chi connectivity index (χ1n) is 9.76. The molecule has 0 saturated carbocycles. The standard InChI is InChI=1S/C23H15FN4O4/c24-15-8-12-16(13-9-15)26-22(29)19-20(14-6-10-18(11-7-14)28(31)32)25-27(21(19)23(26)30)17-4-2-1-3-5-17/h1-13,19,21H/t19-,21-/m0/s1. The molecule has 0 unspecified atom stereocenters. The summed E-state index contributed by atoms with van der Waals surface area (Å²) >= 11 is 0. The van der Waals surface area contributed by atoms with Crippen molar-refractivity contribution in [3.63, 3.8) is 0 Å². The van der Waals surface area contributed by atoms with Crippen molar-refractivity contribution < 1.29 is 18.9 Å². The third-order valence-corrected chi connectivity index (χ3v) is 5.53. The average molecular weight is 430 g/mol. The van der Waals surface area contributed by atoms with Crippen molar-refractivity contribution >= 4 is 34.6 Å². The molecule has 3 aromatic carbocycles. The van der Waals surface area contributed by atoms with Gasteiger partial charge in [-0.2, -0.15) is 5.10 Å². The van der Waals surface area contributed by atoms with E-state index in [9.17, 15) is 24.1 Å². The SMILES string of the molecule is O=C1[C@H]2C(c3ccc([N+](=O)[O-])cc3)=NN(c3ccccc3)[C@@H]2C(=O)N1c1ccc(F)cc1. The van der Waals surface area contributed by atoms with E-state index < -0.39 is 34.5 Å². The van der Waals surface area contributed by atoms with Gasteiger partial charge in [0.1, 0.15) is 17.8 Å². The normalized spacial score (nSPS) is 19.8. The molecule has 2 heterocycles. The number of carbonyl (C=O) groups is 2. The van der Waals surface area contributed by atoms with Crippen molar-refractivity contribution in [2.45, 2.75) is 6.04 Å². The summed E-state index contributed by atoms with van der Waals surface area (Å²) in [5, 5.41) is 17.1. The molecule has 0 N–H and O–H groups in total. The Bertz CT molecular complexity index is 1260. The van der Waals surface area contributed by atoms with Crippen molar-refractivity contribution in [1.29, 1.82) is 0 Å². The van der Waals surface area contributed by atoms with Crippen LogP contribution in [0.15, 0.2) is 84.0 Å². The summed E-state index contributed by atoms with van der Waals surface area (Å²) in [5.41, 5.74) is 1.65. The van der Waals surface area contributed by atoms with Crippen molar-refractivity contribution in [3.05, 3.63) is 100 Å². The Labute approximate surface area is 181 Å². The highest BCUT2D eigenvalue weighted by atomic mass is 19.1. The lowest BCUT2D eigenvalue weighted by Gasteiger charge is -2.22. The van der Waals surface area contributed by atoms with Gasteiger partial charge in [-0.05, 0) is 54.1 Å². The predicted molar refractivity (Wildman–Crippen MR) is 115 cm³/mol. The molecule has 0 radical (unpaired) electrons. The number of nitro benzene ring substituents is 1. The zero-order valence-corrected chi connectivity index (χ0v) is 16.5. The van der Waals surface area contributed by atoms with Crippen molar-refractivity contribution in [2.24, 2.45) is 11.0 Å². The van der Waals surface area contributed by atoms with E-state index in [4.69, 9.17) is 0 Å². The molecule has 2 atom stereocenters. The topological polar surface area (TPSA) is 96.1 Å². The lowest BCUT2D eigenvalue weighted by Crippen LogP contribution is -2.39. The van der Waals surface area contributed by atoms with Gasteiger partial charge < -0.3 is 0 Å². The number of hydrogen-bond donors (Lipinski definition) is 0. The van der Waals surface area contributed by atoms with Gasteiger partial charge in [-0.1, -0.05) is 18.2 Å². The van der Waals surface area contributed by atoms with Crippen molar-refractivity contribution in [1.82, 2.24) is 0 Å². The highest BCUT2D eigenvalue weighted by Gasteiger charge is 2.57. The molecular formula is C23H15FN4O4. The second kappa shape index (κ2) is 7.38. The lowest BCUT2D eigenvalue weighted by atomic mass is 9.92. The third-order valence-electron chi connectivity index (χ3n) is 5.53. The number of para-hydroxylation sites is 1. The Morgan fingerprint density at radius 3 is 2.12 bits per heavy atom. The molecule has 32 heavy (non-hydrogen) atoms. The highest BCUT2D eigenvalue weighted by Crippen LogP contribution is 2.39. The summed E-state index contributed by atoms with van der Waals surface area (Å²) < 4.78 is 13.4. The number of nitro groups is 1. The maximum Gasteiger partial charge on any atom is 0.269 e. The van der Waals surface area contributed by atoms with E-state index in [1.807, 2.05) is 6.07 Å². The van der Waals surface area contributed by atoms with Crippen LogP contribution in [0.4, 0.5) is 21.5 Å².